The van der Waals surface area contributed by atoms with Crippen molar-refractivity contribution in [1.82, 2.24) is 4.98 Å². The molecule has 3 rings (SSSR count). The Morgan fingerprint density at radius 2 is 2.22 bits per heavy atom. The first-order valence-electron chi connectivity index (χ1n) is 6.46. The monoisotopic (exact) mass is 247 g/mol. The van der Waals surface area contributed by atoms with Crippen LogP contribution in [0.3, 0.4) is 0 Å². The van der Waals surface area contributed by atoms with E-state index in [1.54, 1.807) is 6.20 Å². The van der Waals surface area contributed by atoms with Crippen molar-refractivity contribution in [2.45, 2.75) is 37.8 Å². The molecule has 1 atom stereocenters. The highest BCUT2D eigenvalue weighted by atomic mass is 16.5. The van der Waals surface area contributed by atoms with Crippen LogP contribution >= 0.6 is 0 Å². The molecule has 0 bridgehead atoms. The highest BCUT2D eigenvalue weighted by molar-refractivity contribution is 5.93. The maximum atomic E-state index is 11.8. The quantitative estimate of drug-likeness (QED) is 0.851. The molecule has 1 saturated heterocycles. The molecule has 1 aromatic heterocycles. The van der Waals surface area contributed by atoms with E-state index in [4.69, 9.17) is 4.74 Å². The van der Waals surface area contributed by atoms with Crippen molar-refractivity contribution in [3.63, 3.8) is 0 Å². The van der Waals surface area contributed by atoms with Crippen molar-refractivity contribution in [3.8, 4) is 0 Å². The Balaban J connectivity index is 1.56. The van der Waals surface area contributed by atoms with E-state index in [1.807, 2.05) is 12.1 Å². The van der Waals surface area contributed by atoms with Crippen molar-refractivity contribution < 1.29 is 9.53 Å². The topological polar surface area (TPSA) is 63.2 Å². The van der Waals surface area contributed by atoms with Gasteiger partial charge in [0.15, 0.2) is 0 Å². The second kappa shape index (κ2) is 4.94. The summed E-state index contributed by atoms with van der Waals surface area (Å²) < 4.78 is 5.32. The van der Waals surface area contributed by atoms with Crippen LogP contribution < -0.4 is 10.6 Å². The molecular formula is C13H17N3O2. The van der Waals surface area contributed by atoms with Crippen molar-refractivity contribution >= 4 is 17.4 Å². The lowest BCUT2D eigenvalue weighted by Crippen LogP contribution is -2.27. The van der Waals surface area contributed by atoms with E-state index in [9.17, 15) is 4.79 Å². The number of anilines is 2. The fourth-order valence-electron chi connectivity index (χ4n) is 2.01. The second-order valence-electron chi connectivity index (χ2n) is 4.84. The maximum absolute atomic E-state index is 11.8. The van der Waals surface area contributed by atoms with Gasteiger partial charge in [-0.1, -0.05) is 0 Å². The van der Waals surface area contributed by atoms with Crippen LogP contribution in [0.5, 0.6) is 0 Å². The summed E-state index contributed by atoms with van der Waals surface area (Å²) in [7, 11) is 0. The zero-order valence-electron chi connectivity index (χ0n) is 10.2. The number of nitrogens with one attached hydrogen (secondary N) is 2. The number of pyridine rings is 1. The minimum atomic E-state index is -0.309. The number of amides is 1. The highest BCUT2D eigenvalue weighted by Gasteiger charge is 2.24. The number of carbonyl (C=O) groups excluding carboxylic acids is 1. The molecule has 1 unspecified atom stereocenters. The standard InChI is InChI=1S/C13H17N3O2/c17-13(11-2-1-7-18-11)16-12-6-5-10(8-14-12)15-9-3-4-9/h5-6,8-9,11,15H,1-4,7H2,(H,14,16,17). The van der Waals surface area contributed by atoms with Crippen LogP contribution in [0.1, 0.15) is 25.7 Å². The third kappa shape index (κ3) is 2.79. The van der Waals surface area contributed by atoms with Gasteiger partial charge in [0.25, 0.3) is 5.91 Å². The Hall–Kier alpha value is -1.62. The normalized spacial score (nSPS) is 22.8. The van der Waals surface area contributed by atoms with Crippen LogP contribution in [-0.4, -0.2) is 29.6 Å². The molecule has 0 aromatic carbocycles. The summed E-state index contributed by atoms with van der Waals surface area (Å²) in [6.45, 7) is 0.676. The summed E-state index contributed by atoms with van der Waals surface area (Å²) in [5.74, 6) is 0.486. The summed E-state index contributed by atoms with van der Waals surface area (Å²) in [4.78, 5) is 16.0. The zero-order chi connectivity index (χ0) is 12.4. The third-order valence-corrected chi connectivity index (χ3v) is 3.19. The number of ether oxygens (including phenoxy) is 1. The van der Waals surface area contributed by atoms with Crippen LogP contribution in [0, 0.1) is 0 Å². The van der Waals surface area contributed by atoms with Gasteiger partial charge >= 0.3 is 0 Å². The molecule has 1 aliphatic heterocycles. The van der Waals surface area contributed by atoms with E-state index >= 15 is 0 Å². The van der Waals surface area contributed by atoms with Crippen LogP contribution in [0.15, 0.2) is 18.3 Å². The Labute approximate surface area is 106 Å². The molecule has 0 radical (unpaired) electrons. The number of aromatic nitrogens is 1. The Morgan fingerprint density at radius 3 is 2.83 bits per heavy atom. The number of nitrogens with zero attached hydrogens (tertiary/aromatic N) is 1. The first-order valence-corrected chi connectivity index (χ1v) is 6.46. The van der Waals surface area contributed by atoms with Gasteiger partial charge in [0.2, 0.25) is 0 Å². The van der Waals surface area contributed by atoms with E-state index in [1.165, 1.54) is 12.8 Å². The van der Waals surface area contributed by atoms with Gasteiger partial charge in [-0.3, -0.25) is 4.79 Å². The SMILES string of the molecule is O=C(Nc1ccc(NC2CC2)cn1)C1CCCO1. The first kappa shape index (κ1) is 11.5. The molecule has 2 fully saturated rings. The maximum Gasteiger partial charge on any atom is 0.254 e. The fraction of sp³-hybridized carbons (Fsp3) is 0.538. The second-order valence-corrected chi connectivity index (χ2v) is 4.84. The molecule has 2 N–H and O–H groups in total. The average Bonchev–Trinajstić information content (AvgIpc) is 3.02. The van der Waals surface area contributed by atoms with Gasteiger partial charge in [0.05, 0.1) is 11.9 Å². The van der Waals surface area contributed by atoms with Gasteiger partial charge in [0.1, 0.15) is 11.9 Å². The van der Waals surface area contributed by atoms with E-state index in [-0.39, 0.29) is 12.0 Å². The molecule has 0 spiro atoms. The summed E-state index contributed by atoms with van der Waals surface area (Å²) >= 11 is 0. The van der Waals surface area contributed by atoms with Gasteiger partial charge in [-0.05, 0) is 37.8 Å². The minimum absolute atomic E-state index is 0.0945. The largest absolute Gasteiger partial charge is 0.381 e. The number of rotatable bonds is 4. The Bertz CT molecular complexity index is 422. The van der Waals surface area contributed by atoms with Crippen LogP contribution in [0.25, 0.3) is 0 Å². The van der Waals surface area contributed by atoms with E-state index in [2.05, 4.69) is 15.6 Å². The first-order chi connectivity index (χ1) is 8.81. The van der Waals surface area contributed by atoms with Crippen LogP contribution in [0.4, 0.5) is 11.5 Å². The van der Waals surface area contributed by atoms with Gasteiger partial charge in [-0.15, -0.1) is 0 Å². The molecule has 1 amide bonds. The van der Waals surface area contributed by atoms with E-state index in [0.29, 0.717) is 18.5 Å². The van der Waals surface area contributed by atoms with Crippen molar-refractivity contribution in [2.75, 3.05) is 17.2 Å². The fourth-order valence-corrected chi connectivity index (χ4v) is 2.01. The van der Waals surface area contributed by atoms with Gasteiger partial charge in [0, 0.05) is 12.6 Å². The lowest BCUT2D eigenvalue weighted by Gasteiger charge is -2.10. The Kier molecular flexibility index (Phi) is 3.15. The minimum Gasteiger partial charge on any atom is -0.381 e. The van der Waals surface area contributed by atoms with Crippen LogP contribution in [-0.2, 0) is 9.53 Å². The summed E-state index contributed by atoms with van der Waals surface area (Å²) in [6, 6.07) is 4.37. The number of hydrogen-bond acceptors (Lipinski definition) is 4. The molecule has 2 aliphatic rings. The van der Waals surface area contributed by atoms with Gasteiger partial charge in [-0.2, -0.15) is 0 Å². The number of hydrogen-bond donors (Lipinski definition) is 2. The molecule has 5 heteroatoms. The smallest absolute Gasteiger partial charge is 0.254 e. The highest BCUT2D eigenvalue weighted by Crippen LogP contribution is 2.24. The number of carbonyl (C=O) groups is 1. The van der Waals surface area contributed by atoms with Crippen molar-refractivity contribution in [2.24, 2.45) is 0 Å². The molecule has 96 valence electrons. The van der Waals surface area contributed by atoms with Crippen LogP contribution in [0.2, 0.25) is 0 Å². The summed E-state index contributed by atoms with van der Waals surface area (Å²) in [5, 5.41) is 6.13. The third-order valence-electron chi connectivity index (χ3n) is 3.19. The Morgan fingerprint density at radius 1 is 1.33 bits per heavy atom. The molecular weight excluding hydrogens is 230 g/mol. The predicted octanol–water partition coefficient (Wildman–Crippen LogP) is 1.77. The molecule has 18 heavy (non-hydrogen) atoms. The van der Waals surface area contributed by atoms with Crippen molar-refractivity contribution in [1.29, 1.82) is 0 Å². The lowest BCUT2D eigenvalue weighted by molar-refractivity contribution is -0.124. The lowest BCUT2D eigenvalue weighted by atomic mass is 10.2. The summed E-state index contributed by atoms with van der Waals surface area (Å²) in [6.07, 6.45) is 5.66. The molecule has 2 heterocycles. The zero-order valence-corrected chi connectivity index (χ0v) is 10.2. The summed E-state index contributed by atoms with van der Waals surface area (Å²) in [5.41, 5.74) is 1.01. The van der Waals surface area contributed by atoms with E-state index in [0.717, 1.165) is 18.5 Å². The average molecular weight is 247 g/mol. The molecule has 1 saturated carbocycles. The predicted molar refractivity (Wildman–Crippen MR) is 68.5 cm³/mol. The van der Waals surface area contributed by atoms with Crippen molar-refractivity contribution in [3.05, 3.63) is 18.3 Å². The van der Waals surface area contributed by atoms with Gasteiger partial charge in [-0.25, -0.2) is 4.98 Å². The van der Waals surface area contributed by atoms with E-state index < -0.39 is 0 Å². The molecule has 1 aromatic rings. The molecule has 1 aliphatic carbocycles. The van der Waals surface area contributed by atoms with Gasteiger partial charge < -0.3 is 15.4 Å². The molecule has 5 nitrogen and oxygen atoms in total.